The molecular weight excluding hydrogens is 366 g/mol. The Kier molecular flexibility index (Phi) is 5.03. The van der Waals surface area contributed by atoms with Gasteiger partial charge in [-0.05, 0) is 30.4 Å². The number of nitrogens with one attached hydrogen (secondary N) is 1. The Morgan fingerprint density at radius 1 is 1.22 bits per heavy atom. The summed E-state index contributed by atoms with van der Waals surface area (Å²) in [7, 11) is -3.95. The Labute approximate surface area is 159 Å². The first-order valence-corrected chi connectivity index (χ1v) is 10.5. The zero-order chi connectivity index (χ0) is 19.9. The van der Waals surface area contributed by atoms with E-state index in [9.17, 15) is 18.3 Å². The van der Waals surface area contributed by atoms with Gasteiger partial charge in [0.15, 0.2) is 5.84 Å². The van der Waals surface area contributed by atoms with E-state index in [2.05, 4.69) is 23.6 Å². The number of anilines is 1. The largest absolute Gasteiger partial charge is 0.509 e. The number of para-hydroxylation sites is 1. The summed E-state index contributed by atoms with van der Waals surface area (Å²) < 4.78 is 28.8. The Balaban J connectivity index is 2.03. The third kappa shape index (κ3) is 3.45. The van der Waals surface area contributed by atoms with Crippen molar-refractivity contribution in [2.75, 3.05) is 11.9 Å². The summed E-state index contributed by atoms with van der Waals surface area (Å²) >= 11 is 0. The molecular formula is C19H25N3O4S. The van der Waals surface area contributed by atoms with Crippen LogP contribution in [0.2, 0.25) is 0 Å². The molecule has 2 aliphatic heterocycles. The second-order valence-electron chi connectivity index (χ2n) is 7.67. The molecule has 0 fully saturated rings. The first kappa shape index (κ1) is 19.4. The molecule has 1 aromatic carbocycles. The van der Waals surface area contributed by atoms with E-state index in [1.54, 1.807) is 23.1 Å². The Bertz CT molecular complexity index is 932. The van der Waals surface area contributed by atoms with Crippen molar-refractivity contribution in [1.82, 2.24) is 4.90 Å². The highest BCUT2D eigenvalue weighted by Crippen LogP contribution is 2.34. The summed E-state index contributed by atoms with van der Waals surface area (Å²) in [6.07, 6.45) is 0.788. The Hall–Kier alpha value is -2.35. The van der Waals surface area contributed by atoms with Crippen molar-refractivity contribution in [3.05, 3.63) is 35.6 Å². The molecule has 2 aliphatic rings. The van der Waals surface area contributed by atoms with Crippen molar-refractivity contribution in [2.45, 2.75) is 45.1 Å². The average Bonchev–Trinajstić information content (AvgIpc) is 2.82. The summed E-state index contributed by atoms with van der Waals surface area (Å²) in [5.74, 6) is -0.262. The van der Waals surface area contributed by atoms with Crippen molar-refractivity contribution in [3.8, 4) is 0 Å². The monoisotopic (exact) mass is 391 g/mol. The molecule has 8 heteroatoms. The number of nitrogens with zero attached hydrogens (tertiary/aromatic N) is 2. The number of rotatable bonds is 5. The van der Waals surface area contributed by atoms with Crippen LogP contribution >= 0.6 is 0 Å². The predicted molar refractivity (Wildman–Crippen MR) is 104 cm³/mol. The summed E-state index contributed by atoms with van der Waals surface area (Å²) in [4.78, 5) is 14.7. The summed E-state index contributed by atoms with van der Waals surface area (Å²) in [6, 6.07) is 5.87. The Morgan fingerprint density at radius 3 is 2.52 bits per heavy atom. The number of amidine groups is 1. The van der Waals surface area contributed by atoms with Crippen molar-refractivity contribution < 1.29 is 18.3 Å². The highest BCUT2D eigenvalue weighted by molar-refractivity contribution is 7.90. The van der Waals surface area contributed by atoms with Crippen LogP contribution in [0.1, 0.15) is 34.1 Å². The fourth-order valence-electron chi connectivity index (χ4n) is 3.43. The number of sulfonamides is 1. The van der Waals surface area contributed by atoms with Crippen molar-refractivity contribution >= 4 is 27.5 Å². The minimum absolute atomic E-state index is 0.0216. The lowest BCUT2D eigenvalue weighted by Gasteiger charge is -2.28. The first-order chi connectivity index (χ1) is 12.6. The predicted octanol–water partition coefficient (Wildman–Crippen LogP) is 2.92. The minimum atomic E-state index is -3.95. The normalized spacial score (nSPS) is 21.6. The van der Waals surface area contributed by atoms with Crippen LogP contribution in [0.5, 0.6) is 0 Å². The Morgan fingerprint density at radius 2 is 1.89 bits per heavy atom. The van der Waals surface area contributed by atoms with Crippen LogP contribution in [-0.4, -0.2) is 42.8 Å². The number of carbonyl (C=O) groups is 1. The SMILES string of the molecule is CC(C)CCN1C(=O)C(C2=NS(=O)(=O)c3ccccc3N2)=C(O)[C@H]1C(C)C. The molecule has 0 saturated heterocycles. The second kappa shape index (κ2) is 6.99. The quantitative estimate of drug-likeness (QED) is 0.804. The molecule has 0 unspecified atom stereocenters. The molecule has 146 valence electrons. The lowest BCUT2D eigenvalue weighted by Crippen LogP contribution is -2.40. The molecule has 1 atom stereocenters. The van der Waals surface area contributed by atoms with E-state index < -0.39 is 22.0 Å². The fourth-order valence-corrected chi connectivity index (χ4v) is 4.56. The lowest BCUT2D eigenvalue weighted by atomic mass is 10.0. The second-order valence-corrected chi connectivity index (χ2v) is 9.24. The summed E-state index contributed by atoms with van der Waals surface area (Å²) in [5.41, 5.74) is 0.285. The van der Waals surface area contributed by atoms with Gasteiger partial charge >= 0.3 is 0 Å². The number of aliphatic hydroxyl groups is 1. The molecule has 3 rings (SSSR count). The first-order valence-electron chi connectivity index (χ1n) is 9.09. The van der Waals surface area contributed by atoms with E-state index in [1.807, 2.05) is 13.8 Å². The summed E-state index contributed by atoms with van der Waals surface area (Å²) in [6.45, 7) is 8.46. The molecule has 1 aromatic rings. The van der Waals surface area contributed by atoms with Crippen molar-refractivity contribution in [2.24, 2.45) is 16.2 Å². The van der Waals surface area contributed by atoms with Gasteiger partial charge in [-0.25, -0.2) is 0 Å². The molecule has 0 aromatic heterocycles. The summed E-state index contributed by atoms with van der Waals surface area (Å²) in [5, 5.41) is 13.7. The van der Waals surface area contributed by atoms with Gasteiger partial charge in [-0.2, -0.15) is 8.42 Å². The van der Waals surface area contributed by atoms with E-state index in [0.29, 0.717) is 18.2 Å². The number of fused-ring (bicyclic) bond motifs is 1. The molecule has 2 N–H and O–H groups in total. The number of amides is 1. The van der Waals surface area contributed by atoms with Gasteiger partial charge in [0.1, 0.15) is 16.2 Å². The van der Waals surface area contributed by atoms with Crippen LogP contribution in [0.4, 0.5) is 5.69 Å². The van der Waals surface area contributed by atoms with E-state index >= 15 is 0 Å². The van der Waals surface area contributed by atoms with E-state index in [4.69, 9.17) is 0 Å². The molecule has 7 nitrogen and oxygen atoms in total. The van der Waals surface area contributed by atoms with Crippen LogP contribution in [0, 0.1) is 11.8 Å². The van der Waals surface area contributed by atoms with Crippen molar-refractivity contribution in [1.29, 1.82) is 0 Å². The molecule has 2 heterocycles. The third-order valence-electron chi connectivity index (χ3n) is 4.79. The van der Waals surface area contributed by atoms with Crippen LogP contribution in [-0.2, 0) is 14.8 Å². The molecule has 27 heavy (non-hydrogen) atoms. The molecule has 0 bridgehead atoms. The van der Waals surface area contributed by atoms with E-state index in [0.717, 1.165) is 6.42 Å². The van der Waals surface area contributed by atoms with Gasteiger partial charge in [-0.1, -0.05) is 39.8 Å². The van der Waals surface area contributed by atoms with Crippen molar-refractivity contribution in [3.63, 3.8) is 0 Å². The maximum atomic E-state index is 13.1. The molecule has 0 radical (unpaired) electrons. The number of benzene rings is 1. The van der Waals surface area contributed by atoms with Gasteiger partial charge in [-0.3, -0.25) is 4.79 Å². The maximum absolute atomic E-state index is 13.1. The van der Waals surface area contributed by atoms with Gasteiger partial charge in [0.05, 0.1) is 11.7 Å². The highest BCUT2D eigenvalue weighted by Gasteiger charge is 2.44. The number of hydrogen-bond acceptors (Lipinski definition) is 5. The molecule has 0 aliphatic carbocycles. The van der Waals surface area contributed by atoms with Crippen LogP contribution < -0.4 is 5.32 Å². The minimum Gasteiger partial charge on any atom is -0.509 e. The standard InChI is InChI=1S/C19H25N3O4S/c1-11(2)9-10-22-16(12(3)4)17(23)15(19(22)24)18-20-13-7-5-6-8-14(13)27(25,26)21-18/h5-8,11-12,16,23H,9-10H2,1-4H3,(H,20,21)/t16-/m1/s1. The van der Waals surface area contributed by atoms with Gasteiger partial charge in [0, 0.05) is 6.54 Å². The molecule has 1 amide bonds. The lowest BCUT2D eigenvalue weighted by molar-refractivity contribution is -0.127. The fraction of sp³-hybridized carbons (Fsp3) is 0.474. The smallest absolute Gasteiger partial charge is 0.286 e. The highest BCUT2D eigenvalue weighted by atomic mass is 32.2. The zero-order valence-corrected chi connectivity index (χ0v) is 16.7. The average molecular weight is 391 g/mol. The number of hydrogen-bond donors (Lipinski definition) is 2. The van der Waals surface area contributed by atoms with Gasteiger partial charge in [0.25, 0.3) is 15.9 Å². The van der Waals surface area contributed by atoms with Gasteiger partial charge in [-0.15, -0.1) is 4.40 Å². The van der Waals surface area contributed by atoms with Crippen LogP contribution in [0.25, 0.3) is 0 Å². The topological polar surface area (TPSA) is 99.1 Å². The van der Waals surface area contributed by atoms with E-state index in [-0.39, 0.29) is 28.0 Å². The van der Waals surface area contributed by atoms with E-state index in [1.165, 1.54) is 6.07 Å². The van der Waals surface area contributed by atoms with Gasteiger partial charge in [0.2, 0.25) is 0 Å². The number of carbonyl (C=O) groups excluding carboxylic acids is 1. The third-order valence-corrected chi connectivity index (χ3v) is 6.13. The number of aliphatic hydroxyl groups excluding tert-OH is 1. The van der Waals surface area contributed by atoms with Gasteiger partial charge < -0.3 is 15.3 Å². The van der Waals surface area contributed by atoms with Crippen LogP contribution in [0.3, 0.4) is 0 Å². The van der Waals surface area contributed by atoms with Crippen LogP contribution in [0.15, 0.2) is 44.9 Å². The maximum Gasteiger partial charge on any atom is 0.286 e. The zero-order valence-electron chi connectivity index (χ0n) is 15.9. The molecule has 0 spiro atoms. The molecule has 0 saturated carbocycles.